The van der Waals surface area contributed by atoms with Crippen LogP contribution in [-0.2, 0) is 15.3 Å². The molecule has 72 valence electrons. The molecule has 0 spiro atoms. The van der Waals surface area contributed by atoms with Gasteiger partial charge in [0.25, 0.3) is 0 Å². The Labute approximate surface area is 79.0 Å². The van der Waals surface area contributed by atoms with E-state index in [4.69, 9.17) is 8.94 Å². The van der Waals surface area contributed by atoms with Crippen molar-refractivity contribution in [1.82, 2.24) is 0 Å². The van der Waals surface area contributed by atoms with Crippen LogP contribution in [0.5, 0.6) is 0 Å². The van der Waals surface area contributed by atoms with Crippen LogP contribution in [0.3, 0.4) is 0 Å². The molecule has 0 saturated heterocycles. The SMILES string of the molecule is CCCCO[P+](=O)Cc1ccco1. The summed E-state index contributed by atoms with van der Waals surface area (Å²) < 4.78 is 21.4. The summed E-state index contributed by atoms with van der Waals surface area (Å²) >= 11 is 0. The number of hydrogen-bond acceptors (Lipinski definition) is 3. The fraction of sp³-hybridized carbons (Fsp3) is 0.556. The van der Waals surface area contributed by atoms with Crippen molar-refractivity contribution in [2.45, 2.75) is 25.9 Å². The van der Waals surface area contributed by atoms with E-state index >= 15 is 0 Å². The second kappa shape index (κ2) is 5.90. The zero-order chi connectivity index (χ0) is 9.52. The predicted octanol–water partition coefficient (Wildman–Crippen LogP) is 3.34. The lowest BCUT2D eigenvalue weighted by Crippen LogP contribution is -1.86. The monoisotopic (exact) mass is 201 g/mol. The van der Waals surface area contributed by atoms with Gasteiger partial charge in [0, 0.05) is 0 Å². The summed E-state index contributed by atoms with van der Waals surface area (Å²) in [6.45, 7) is 2.65. The van der Waals surface area contributed by atoms with Gasteiger partial charge >= 0.3 is 8.03 Å². The first-order valence-corrected chi connectivity index (χ1v) is 5.79. The molecule has 0 radical (unpaired) electrons. The van der Waals surface area contributed by atoms with Gasteiger partial charge in [0.15, 0.2) is 5.76 Å². The summed E-state index contributed by atoms with van der Waals surface area (Å²) in [5, 5.41) is 0. The van der Waals surface area contributed by atoms with Crippen molar-refractivity contribution in [3.63, 3.8) is 0 Å². The van der Waals surface area contributed by atoms with E-state index in [-0.39, 0.29) is 0 Å². The van der Waals surface area contributed by atoms with E-state index in [9.17, 15) is 4.57 Å². The molecule has 0 amide bonds. The van der Waals surface area contributed by atoms with Gasteiger partial charge in [-0.2, -0.15) is 0 Å². The molecule has 0 saturated carbocycles. The maximum atomic E-state index is 11.3. The van der Waals surface area contributed by atoms with E-state index in [1.54, 1.807) is 18.4 Å². The van der Waals surface area contributed by atoms with Crippen LogP contribution in [0.2, 0.25) is 0 Å². The Hall–Kier alpha value is -0.660. The largest absolute Gasteiger partial charge is 0.516 e. The smallest absolute Gasteiger partial charge is 0.465 e. The van der Waals surface area contributed by atoms with E-state index in [1.807, 2.05) is 0 Å². The highest BCUT2D eigenvalue weighted by atomic mass is 31.1. The fourth-order valence-corrected chi connectivity index (χ4v) is 1.74. The van der Waals surface area contributed by atoms with E-state index < -0.39 is 8.03 Å². The first-order chi connectivity index (χ1) is 6.33. The van der Waals surface area contributed by atoms with Gasteiger partial charge < -0.3 is 4.42 Å². The average molecular weight is 201 g/mol. The van der Waals surface area contributed by atoms with Crippen molar-refractivity contribution in [1.29, 1.82) is 0 Å². The summed E-state index contributed by atoms with van der Waals surface area (Å²) in [5.74, 6) is 0.720. The minimum Gasteiger partial charge on any atom is -0.465 e. The van der Waals surface area contributed by atoms with Crippen molar-refractivity contribution < 1.29 is 13.5 Å². The average Bonchev–Trinajstić information content (AvgIpc) is 2.57. The molecular weight excluding hydrogens is 187 g/mol. The summed E-state index contributed by atoms with van der Waals surface area (Å²) in [6.07, 6.45) is 3.97. The molecule has 0 aromatic carbocycles. The molecule has 0 fully saturated rings. The molecule has 0 bridgehead atoms. The first-order valence-electron chi connectivity index (χ1n) is 4.43. The van der Waals surface area contributed by atoms with Gasteiger partial charge in [-0.05, 0) is 23.1 Å². The van der Waals surface area contributed by atoms with Crippen LogP contribution < -0.4 is 0 Å². The molecular formula is C9H14O3P+. The molecule has 0 aliphatic heterocycles. The molecule has 0 aliphatic rings. The van der Waals surface area contributed by atoms with Gasteiger partial charge in [0.05, 0.1) is 6.26 Å². The zero-order valence-electron chi connectivity index (χ0n) is 7.73. The molecule has 1 heterocycles. The Balaban J connectivity index is 2.18. The zero-order valence-corrected chi connectivity index (χ0v) is 8.63. The third-order valence-corrected chi connectivity index (χ3v) is 2.64. The maximum Gasteiger partial charge on any atom is 0.516 e. The lowest BCUT2D eigenvalue weighted by Gasteiger charge is -1.88. The van der Waals surface area contributed by atoms with Gasteiger partial charge in [0.2, 0.25) is 6.16 Å². The molecule has 0 N–H and O–H groups in total. The van der Waals surface area contributed by atoms with Gasteiger partial charge in [-0.25, -0.2) is 0 Å². The minimum atomic E-state index is -1.59. The van der Waals surface area contributed by atoms with Gasteiger partial charge in [0.1, 0.15) is 6.61 Å². The molecule has 1 rings (SSSR count). The summed E-state index contributed by atoms with van der Waals surface area (Å²) in [6, 6.07) is 3.58. The highest BCUT2D eigenvalue weighted by Gasteiger charge is 2.19. The van der Waals surface area contributed by atoms with Crippen molar-refractivity contribution in [3.05, 3.63) is 24.2 Å². The van der Waals surface area contributed by atoms with Crippen LogP contribution >= 0.6 is 8.03 Å². The highest BCUT2D eigenvalue weighted by Crippen LogP contribution is 2.28. The van der Waals surface area contributed by atoms with Crippen LogP contribution in [0.15, 0.2) is 22.8 Å². The van der Waals surface area contributed by atoms with E-state index in [0.717, 1.165) is 18.6 Å². The molecule has 1 unspecified atom stereocenters. The maximum absolute atomic E-state index is 11.3. The van der Waals surface area contributed by atoms with E-state index in [1.165, 1.54) is 0 Å². The molecule has 4 heteroatoms. The second-order valence-corrected chi connectivity index (χ2v) is 4.00. The molecule has 1 aromatic heterocycles. The summed E-state index contributed by atoms with van der Waals surface area (Å²) in [7, 11) is -1.59. The van der Waals surface area contributed by atoms with Gasteiger partial charge in [-0.3, -0.25) is 0 Å². The quantitative estimate of drug-likeness (QED) is 0.523. The Bertz CT molecular complexity index is 243. The van der Waals surface area contributed by atoms with Crippen molar-refractivity contribution in [2.24, 2.45) is 0 Å². The van der Waals surface area contributed by atoms with Gasteiger partial charge in [-0.15, -0.1) is 4.52 Å². The summed E-state index contributed by atoms with van der Waals surface area (Å²) in [4.78, 5) is 0. The van der Waals surface area contributed by atoms with Crippen LogP contribution in [0.1, 0.15) is 25.5 Å². The predicted molar refractivity (Wildman–Crippen MR) is 50.9 cm³/mol. The highest BCUT2D eigenvalue weighted by molar-refractivity contribution is 7.38. The van der Waals surface area contributed by atoms with E-state index in [2.05, 4.69) is 6.92 Å². The van der Waals surface area contributed by atoms with Crippen LogP contribution in [0.4, 0.5) is 0 Å². The molecule has 13 heavy (non-hydrogen) atoms. The second-order valence-electron chi connectivity index (χ2n) is 2.76. The van der Waals surface area contributed by atoms with Crippen molar-refractivity contribution >= 4 is 8.03 Å². The Morgan fingerprint density at radius 2 is 2.46 bits per heavy atom. The standard InChI is InChI=1S/C9H14O3P/c1-2-3-7-12-13(10)8-9-5-4-6-11-9/h4-6H,2-3,7-8H2,1H3/q+1. The number of rotatable bonds is 6. The molecule has 0 aliphatic carbocycles. The topological polar surface area (TPSA) is 39.4 Å². The Kier molecular flexibility index (Phi) is 4.73. The van der Waals surface area contributed by atoms with Crippen molar-refractivity contribution in [3.8, 4) is 0 Å². The van der Waals surface area contributed by atoms with Gasteiger partial charge in [-0.1, -0.05) is 13.3 Å². The molecule has 1 aromatic rings. The minimum absolute atomic E-state index is 0.381. The Morgan fingerprint density at radius 3 is 3.08 bits per heavy atom. The fourth-order valence-electron chi connectivity index (χ4n) is 0.886. The lowest BCUT2D eigenvalue weighted by atomic mass is 10.4. The van der Waals surface area contributed by atoms with Crippen molar-refractivity contribution in [2.75, 3.05) is 6.61 Å². The number of hydrogen-bond donors (Lipinski definition) is 0. The third-order valence-electron chi connectivity index (χ3n) is 1.60. The Morgan fingerprint density at radius 1 is 1.62 bits per heavy atom. The van der Waals surface area contributed by atoms with Crippen LogP contribution in [-0.4, -0.2) is 6.61 Å². The molecule has 3 nitrogen and oxygen atoms in total. The van der Waals surface area contributed by atoms with E-state index in [0.29, 0.717) is 12.8 Å². The van der Waals surface area contributed by atoms with Crippen LogP contribution in [0, 0.1) is 0 Å². The number of unbranched alkanes of at least 4 members (excludes halogenated alkanes) is 1. The first kappa shape index (κ1) is 10.4. The third kappa shape index (κ3) is 4.20. The van der Waals surface area contributed by atoms with Crippen LogP contribution in [0.25, 0.3) is 0 Å². The normalized spacial score (nSPS) is 11.6. The lowest BCUT2D eigenvalue weighted by molar-refractivity contribution is 0.318. The summed E-state index contributed by atoms with van der Waals surface area (Å²) in [5.41, 5.74) is 0. The number of furan rings is 1. The molecule has 1 atom stereocenters.